The minimum absolute atomic E-state index is 0.300. The standard InChI is InChI=1S/C19H20FNO3/c1-19(2)10-12-8-14(11-4-6-13(24-3)7-5-11)16(20)9-15(12)17(19)21-18(22)23/h4-9,17,21H,10H2,1-3H3,(H,22,23)/t17-/m0/s1. The van der Waals surface area contributed by atoms with E-state index in [0.29, 0.717) is 17.7 Å². The van der Waals surface area contributed by atoms with Crippen LogP contribution in [0.2, 0.25) is 0 Å². The summed E-state index contributed by atoms with van der Waals surface area (Å²) in [5.41, 5.74) is 2.68. The Balaban J connectivity index is 2.03. The largest absolute Gasteiger partial charge is 0.497 e. The van der Waals surface area contributed by atoms with Gasteiger partial charge in [-0.05, 0) is 52.8 Å². The van der Waals surface area contributed by atoms with Crippen LogP contribution in [-0.4, -0.2) is 18.3 Å². The minimum Gasteiger partial charge on any atom is -0.497 e. The molecule has 2 N–H and O–H groups in total. The number of methoxy groups -OCH3 is 1. The molecule has 2 aromatic carbocycles. The molecule has 3 rings (SSSR count). The van der Waals surface area contributed by atoms with Crippen molar-refractivity contribution in [1.29, 1.82) is 0 Å². The fourth-order valence-electron chi connectivity index (χ4n) is 3.46. The molecule has 1 aliphatic rings. The number of hydrogen-bond acceptors (Lipinski definition) is 2. The van der Waals surface area contributed by atoms with Crippen molar-refractivity contribution in [1.82, 2.24) is 5.32 Å². The van der Waals surface area contributed by atoms with Gasteiger partial charge in [-0.3, -0.25) is 0 Å². The second kappa shape index (κ2) is 5.82. The molecule has 0 radical (unpaired) electrons. The molecule has 0 heterocycles. The van der Waals surface area contributed by atoms with Crippen LogP contribution in [0.1, 0.15) is 31.0 Å². The molecular formula is C19H20FNO3. The van der Waals surface area contributed by atoms with Gasteiger partial charge in [-0.2, -0.15) is 0 Å². The number of amides is 1. The number of fused-ring (bicyclic) bond motifs is 1. The maximum Gasteiger partial charge on any atom is 0.405 e. The molecular weight excluding hydrogens is 309 g/mol. The van der Waals surface area contributed by atoms with Crippen molar-refractivity contribution in [2.75, 3.05) is 7.11 Å². The number of nitrogens with one attached hydrogen (secondary N) is 1. The van der Waals surface area contributed by atoms with Crippen molar-refractivity contribution in [2.45, 2.75) is 26.3 Å². The summed E-state index contributed by atoms with van der Waals surface area (Å²) in [7, 11) is 1.59. The Kier molecular flexibility index (Phi) is 3.95. The number of carboxylic acid groups (broad SMARTS) is 1. The first-order valence-electron chi connectivity index (χ1n) is 7.78. The molecule has 5 heteroatoms. The van der Waals surface area contributed by atoms with Crippen molar-refractivity contribution in [3.8, 4) is 16.9 Å². The molecule has 0 unspecified atom stereocenters. The van der Waals surface area contributed by atoms with E-state index in [1.807, 2.05) is 32.0 Å². The van der Waals surface area contributed by atoms with E-state index in [0.717, 1.165) is 16.7 Å². The quantitative estimate of drug-likeness (QED) is 0.878. The lowest BCUT2D eigenvalue weighted by Crippen LogP contribution is -2.34. The second-order valence-corrected chi connectivity index (χ2v) is 6.81. The van der Waals surface area contributed by atoms with Crippen molar-refractivity contribution < 1.29 is 19.0 Å². The molecule has 1 aliphatic carbocycles. The number of benzene rings is 2. The monoisotopic (exact) mass is 329 g/mol. The van der Waals surface area contributed by atoms with Crippen LogP contribution >= 0.6 is 0 Å². The molecule has 4 nitrogen and oxygen atoms in total. The zero-order chi connectivity index (χ0) is 17.5. The normalized spacial score (nSPS) is 18.1. The first kappa shape index (κ1) is 16.3. The van der Waals surface area contributed by atoms with Gasteiger partial charge in [0.25, 0.3) is 0 Å². The number of ether oxygens (including phenoxy) is 1. The van der Waals surface area contributed by atoms with Gasteiger partial charge in [-0.15, -0.1) is 0 Å². The molecule has 2 aromatic rings. The van der Waals surface area contributed by atoms with Crippen LogP contribution in [0.5, 0.6) is 5.75 Å². The van der Waals surface area contributed by atoms with Gasteiger partial charge in [-0.1, -0.05) is 26.0 Å². The van der Waals surface area contributed by atoms with Gasteiger partial charge < -0.3 is 15.2 Å². The second-order valence-electron chi connectivity index (χ2n) is 6.81. The molecule has 0 aliphatic heterocycles. The molecule has 1 atom stereocenters. The van der Waals surface area contributed by atoms with E-state index in [-0.39, 0.29) is 11.2 Å². The van der Waals surface area contributed by atoms with Gasteiger partial charge in [0.05, 0.1) is 13.2 Å². The predicted octanol–water partition coefficient (Wildman–Crippen LogP) is 4.39. The maximum absolute atomic E-state index is 14.7. The average molecular weight is 329 g/mol. The molecule has 0 saturated heterocycles. The van der Waals surface area contributed by atoms with E-state index in [9.17, 15) is 9.18 Å². The third-order valence-corrected chi connectivity index (χ3v) is 4.64. The molecule has 24 heavy (non-hydrogen) atoms. The lowest BCUT2D eigenvalue weighted by Gasteiger charge is -2.27. The Morgan fingerprint density at radius 2 is 1.96 bits per heavy atom. The SMILES string of the molecule is COc1ccc(-c2cc3c(cc2F)[C@H](NC(=O)O)C(C)(C)C3)cc1. The number of hydrogen-bond donors (Lipinski definition) is 2. The molecule has 0 fully saturated rings. The Hall–Kier alpha value is -2.56. The van der Waals surface area contributed by atoms with Crippen LogP contribution in [-0.2, 0) is 6.42 Å². The van der Waals surface area contributed by atoms with Gasteiger partial charge in [0.1, 0.15) is 11.6 Å². The fraction of sp³-hybridized carbons (Fsp3) is 0.316. The average Bonchev–Trinajstić information content (AvgIpc) is 2.76. The summed E-state index contributed by atoms with van der Waals surface area (Å²) in [6.07, 6.45) is -0.406. The Labute approximate surface area is 140 Å². The molecule has 0 bridgehead atoms. The van der Waals surface area contributed by atoms with E-state index in [1.54, 1.807) is 19.2 Å². The molecule has 126 valence electrons. The van der Waals surface area contributed by atoms with E-state index >= 15 is 0 Å². The summed E-state index contributed by atoms with van der Waals surface area (Å²) in [5, 5.41) is 11.6. The van der Waals surface area contributed by atoms with Crippen molar-refractivity contribution in [2.24, 2.45) is 5.41 Å². The van der Waals surface area contributed by atoms with E-state index in [1.165, 1.54) is 6.07 Å². The summed E-state index contributed by atoms with van der Waals surface area (Å²) < 4.78 is 19.8. The fourth-order valence-corrected chi connectivity index (χ4v) is 3.46. The Morgan fingerprint density at radius 3 is 2.54 bits per heavy atom. The van der Waals surface area contributed by atoms with E-state index < -0.39 is 12.1 Å². The van der Waals surface area contributed by atoms with E-state index in [4.69, 9.17) is 9.84 Å². The summed E-state index contributed by atoms with van der Waals surface area (Å²) in [5.74, 6) is 0.362. The summed E-state index contributed by atoms with van der Waals surface area (Å²) in [6.45, 7) is 3.97. The van der Waals surface area contributed by atoms with Crippen LogP contribution in [0.25, 0.3) is 11.1 Å². The third-order valence-electron chi connectivity index (χ3n) is 4.64. The van der Waals surface area contributed by atoms with Gasteiger partial charge in [0, 0.05) is 5.56 Å². The van der Waals surface area contributed by atoms with Gasteiger partial charge in [-0.25, -0.2) is 9.18 Å². The number of halogens is 1. The predicted molar refractivity (Wildman–Crippen MR) is 89.8 cm³/mol. The number of carbonyl (C=O) groups is 1. The van der Waals surface area contributed by atoms with Gasteiger partial charge in [0.2, 0.25) is 0 Å². The highest BCUT2D eigenvalue weighted by molar-refractivity contribution is 5.69. The van der Waals surface area contributed by atoms with Crippen LogP contribution in [0.15, 0.2) is 36.4 Å². The summed E-state index contributed by atoms with van der Waals surface area (Å²) in [4.78, 5) is 11.1. The van der Waals surface area contributed by atoms with E-state index in [2.05, 4.69) is 5.32 Å². The summed E-state index contributed by atoms with van der Waals surface area (Å²) in [6, 6.07) is 10.1. The van der Waals surface area contributed by atoms with Crippen LogP contribution in [0, 0.1) is 11.2 Å². The maximum atomic E-state index is 14.7. The lowest BCUT2D eigenvalue weighted by atomic mass is 9.85. The van der Waals surface area contributed by atoms with Crippen LogP contribution < -0.4 is 10.1 Å². The van der Waals surface area contributed by atoms with Gasteiger partial charge in [0.15, 0.2) is 0 Å². The highest BCUT2D eigenvalue weighted by Gasteiger charge is 2.40. The lowest BCUT2D eigenvalue weighted by molar-refractivity contribution is 0.175. The first-order valence-corrected chi connectivity index (χ1v) is 7.78. The molecule has 0 spiro atoms. The zero-order valence-electron chi connectivity index (χ0n) is 13.9. The third kappa shape index (κ3) is 2.82. The Morgan fingerprint density at radius 1 is 1.29 bits per heavy atom. The number of rotatable bonds is 3. The topological polar surface area (TPSA) is 58.6 Å². The highest BCUT2D eigenvalue weighted by atomic mass is 19.1. The van der Waals surface area contributed by atoms with Gasteiger partial charge >= 0.3 is 6.09 Å². The molecule has 1 amide bonds. The zero-order valence-corrected chi connectivity index (χ0v) is 13.9. The van der Waals surface area contributed by atoms with Crippen molar-refractivity contribution >= 4 is 6.09 Å². The van der Waals surface area contributed by atoms with Crippen molar-refractivity contribution in [3.63, 3.8) is 0 Å². The Bertz CT molecular complexity index is 784. The first-order chi connectivity index (χ1) is 11.3. The van der Waals surface area contributed by atoms with Crippen LogP contribution in [0.4, 0.5) is 9.18 Å². The van der Waals surface area contributed by atoms with Crippen molar-refractivity contribution in [3.05, 3.63) is 53.3 Å². The molecule has 0 aromatic heterocycles. The summed E-state index contributed by atoms with van der Waals surface area (Å²) >= 11 is 0. The van der Waals surface area contributed by atoms with Crippen LogP contribution in [0.3, 0.4) is 0 Å². The molecule has 0 saturated carbocycles. The smallest absolute Gasteiger partial charge is 0.405 e. The highest BCUT2D eigenvalue weighted by Crippen LogP contribution is 2.46. The minimum atomic E-state index is -1.10.